The lowest BCUT2D eigenvalue weighted by molar-refractivity contribution is -0.139. The first-order valence-corrected chi connectivity index (χ1v) is 6.65. The fourth-order valence-corrected chi connectivity index (χ4v) is 2.21. The minimum absolute atomic E-state index is 0.0648. The number of carbonyl (C=O) groups is 2. The summed E-state index contributed by atoms with van der Waals surface area (Å²) in [5, 5.41) is 9.26. The van der Waals surface area contributed by atoms with Gasteiger partial charge in [-0.25, -0.2) is 4.39 Å². The molecule has 2 aromatic carbocycles. The predicted octanol–water partition coefficient (Wildman–Crippen LogP) is 3.66. The number of Topliss-reactive ketones (excluding diaryl/α,β-unsaturated/α-hetero) is 1. The van der Waals surface area contributed by atoms with Gasteiger partial charge in [0.1, 0.15) is 5.82 Å². The molecule has 0 heterocycles. The van der Waals surface area contributed by atoms with E-state index in [0.29, 0.717) is 5.56 Å². The standard InChI is InChI=1S/C17H15FO3/c18-15-9-5-4-8-13(15)14(17(20)21)10-11-16(19)12-6-2-1-3-7-12/h1-9,14H,10-11H2,(H,20,21). The van der Waals surface area contributed by atoms with Gasteiger partial charge < -0.3 is 5.11 Å². The summed E-state index contributed by atoms with van der Waals surface area (Å²) in [5.41, 5.74) is 0.654. The molecule has 0 bridgehead atoms. The van der Waals surface area contributed by atoms with Crippen molar-refractivity contribution in [2.75, 3.05) is 0 Å². The largest absolute Gasteiger partial charge is 0.481 e. The Hall–Kier alpha value is -2.49. The number of rotatable bonds is 6. The van der Waals surface area contributed by atoms with Gasteiger partial charge in [-0.05, 0) is 12.5 Å². The van der Waals surface area contributed by atoms with Crippen LogP contribution < -0.4 is 0 Å². The first-order valence-electron chi connectivity index (χ1n) is 6.65. The lowest BCUT2D eigenvalue weighted by Gasteiger charge is -2.13. The Morgan fingerprint density at radius 2 is 1.62 bits per heavy atom. The highest BCUT2D eigenvalue weighted by molar-refractivity contribution is 5.96. The average molecular weight is 286 g/mol. The first kappa shape index (κ1) is 14.9. The summed E-state index contributed by atoms with van der Waals surface area (Å²) in [6, 6.07) is 14.4. The van der Waals surface area contributed by atoms with E-state index in [4.69, 9.17) is 0 Å². The van der Waals surface area contributed by atoms with Crippen LogP contribution in [0.15, 0.2) is 54.6 Å². The van der Waals surface area contributed by atoms with Crippen LogP contribution in [0.2, 0.25) is 0 Å². The van der Waals surface area contributed by atoms with Crippen LogP contribution in [0.1, 0.15) is 34.7 Å². The smallest absolute Gasteiger partial charge is 0.311 e. The summed E-state index contributed by atoms with van der Waals surface area (Å²) >= 11 is 0. The lowest BCUT2D eigenvalue weighted by atomic mass is 9.92. The Balaban J connectivity index is 2.10. The zero-order chi connectivity index (χ0) is 15.2. The summed E-state index contributed by atoms with van der Waals surface area (Å²) in [6.45, 7) is 0. The maximum atomic E-state index is 13.7. The van der Waals surface area contributed by atoms with Gasteiger partial charge in [0.2, 0.25) is 0 Å². The number of halogens is 1. The number of hydrogen-bond acceptors (Lipinski definition) is 2. The van der Waals surface area contributed by atoms with Gasteiger partial charge in [0.05, 0.1) is 5.92 Å². The number of carboxylic acid groups (broad SMARTS) is 1. The molecule has 0 amide bonds. The summed E-state index contributed by atoms with van der Waals surface area (Å²) in [7, 11) is 0. The van der Waals surface area contributed by atoms with Crippen molar-refractivity contribution in [3.05, 3.63) is 71.5 Å². The fraction of sp³-hybridized carbons (Fsp3) is 0.176. The predicted molar refractivity (Wildman–Crippen MR) is 76.8 cm³/mol. The molecule has 0 aliphatic carbocycles. The van der Waals surface area contributed by atoms with Gasteiger partial charge in [-0.3, -0.25) is 9.59 Å². The third kappa shape index (κ3) is 3.75. The molecule has 0 fully saturated rings. The molecule has 21 heavy (non-hydrogen) atoms. The van der Waals surface area contributed by atoms with Crippen molar-refractivity contribution in [3.8, 4) is 0 Å². The molecule has 0 aromatic heterocycles. The molecule has 3 nitrogen and oxygen atoms in total. The van der Waals surface area contributed by atoms with Crippen molar-refractivity contribution in [2.45, 2.75) is 18.8 Å². The van der Waals surface area contributed by atoms with E-state index in [1.54, 1.807) is 36.4 Å². The number of hydrogen-bond donors (Lipinski definition) is 1. The van der Waals surface area contributed by atoms with Crippen molar-refractivity contribution >= 4 is 11.8 Å². The molecule has 1 N–H and O–H groups in total. The highest BCUT2D eigenvalue weighted by atomic mass is 19.1. The van der Waals surface area contributed by atoms with Gasteiger partial charge in [0, 0.05) is 17.5 Å². The van der Waals surface area contributed by atoms with Gasteiger partial charge in [0.25, 0.3) is 0 Å². The molecule has 2 aromatic rings. The van der Waals surface area contributed by atoms with E-state index >= 15 is 0 Å². The zero-order valence-electron chi connectivity index (χ0n) is 11.3. The Morgan fingerprint density at radius 3 is 2.24 bits per heavy atom. The van der Waals surface area contributed by atoms with Crippen LogP contribution in [0, 0.1) is 5.82 Å². The normalized spacial score (nSPS) is 11.9. The SMILES string of the molecule is O=C(CCC(C(=O)O)c1ccccc1F)c1ccccc1. The highest BCUT2D eigenvalue weighted by Crippen LogP contribution is 2.25. The van der Waals surface area contributed by atoms with Gasteiger partial charge in [0.15, 0.2) is 5.78 Å². The van der Waals surface area contributed by atoms with Crippen molar-refractivity contribution in [1.82, 2.24) is 0 Å². The molecule has 0 aliphatic heterocycles. The monoisotopic (exact) mass is 286 g/mol. The van der Waals surface area contributed by atoms with Crippen molar-refractivity contribution in [2.24, 2.45) is 0 Å². The summed E-state index contributed by atoms with van der Waals surface area (Å²) in [5.74, 6) is -2.84. The molecule has 0 spiro atoms. The molecule has 4 heteroatoms. The van der Waals surface area contributed by atoms with Gasteiger partial charge in [-0.1, -0.05) is 48.5 Å². The van der Waals surface area contributed by atoms with E-state index in [2.05, 4.69) is 0 Å². The minimum atomic E-state index is -1.12. The van der Waals surface area contributed by atoms with Gasteiger partial charge in [-0.2, -0.15) is 0 Å². The van der Waals surface area contributed by atoms with Crippen LogP contribution in [0.4, 0.5) is 4.39 Å². The Labute approximate surface area is 122 Å². The third-order valence-corrected chi connectivity index (χ3v) is 3.33. The first-order chi connectivity index (χ1) is 10.1. The molecule has 1 unspecified atom stereocenters. The lowest BCUT2D eigenvalue weighted by Crippen LogP contribution is -2.15. The van der Waals surface area contributed by atoms with E-state index in [-0.39, 0.29) is 24.2 Å². The Bertz CT molecular complexity index is 637. The second kappa shape index (κ2) is 6.79. The summed E-state index contributed by atoms with van der Waals surface area (Å²) in [4.78, 5) is 23.3. The summed E-state index contributed by atoms with van der Waals surface area (Å²) in [6.07, 6.45) is 0.138. The number of aliphatic carboxylic acids is 1. The van der Waals surface area contributed by atoms with Crippen LogP contribution in [0.3, 0.4) is 0 Å². The average Bonchev–Trinajstić information content (AvgIpc) is 2.49. The number of carbonyl (C=O) groups excluding carboxylic acids is 1. The Morgan fingerprint density at radius 1 is 1.00 bits per heavy atom. The van der Waals surface area contributed by atoms with Crippen molar-refractivity contribution < 1.29 is 19.1 Å². The van der Waals surface area contributed by atoms with Crippen LogP contribution >= 0.6 is 0 Å². The Kier molecular flexibility index (Phi) is 4.82. The molecule has 2 rings (SSSR count). The molecular weight excluding hydrogens is 271 g/mol. The number of benzene rings is 2. The number of carboxylic acids is 1. The van der Waals surface area contributed by atoms with Crippen LogP contribution in [-0.4, -0.2) is 16.9 Å². The highest BCUT2D eigenvalue weighted by Gasteiger charge is 2.23. The topological polar surface area (TPSA) is 54.4 Å². The fourth-order valence-electron chi connectivity index (χ4n) is 2.21. The van der Waals surface area contributed by atoms with Crippen LogP contribution in [-0.2, 0) is 4.79 Å². The maximum absolute atomic E-state index is 13.7. The van der Waals surface area contributed by atoms with Crippen LogP contribution in [0.25, 0.3) is 0 Å². The molecule has 0 aliphatic rings. The molecule has 0 saturated heterocycles. The van der Waals surface area contributed by atoms with Crippen molar-refractivity contribution in [3.63, 3.8) is 0 Å². The van der Waals surface area contributed by atoms with Gasteiger partial charge >= 0.3 is 5.97 Å². The zero-order valence-corrected chi connectivity index (χ0v) is 11.3. The second-order valence-electron chi connectivity index (χ2n) is 4.74. The van der Waals surface area contributed by atoms with E-state index in [9.17, 15) is 19.1 Å². The molecule has 0 radical (unpaired) electrons. The summed E-state index contributed by atoms with van der Waals surface area (Å²) < 4.78 is 13.7. The molecule has 1 atom stereocenters. The van der Waals surface area contributed by atoms with E-state index in [0.717, 1.165) is 0 Å². The van der Waals surface area contributed by atoms with Crippen LogP contribution in [0.5, 0.6) is 0 Å². The second-order valence-corrected chi connectivity index (χ2v) is 4.74. The van der Waals surface area contributed by atoms with E-state index < -0.39 is 17.7 Å². The third-order valence-electron chi connectivity index (χ3n) is 3.33. The van der Waals surface area contributed by atoms with E-state index in [1.807, 2.05) is 0 Å². The minimum Gasteiger partial charge on any atom is -0.481 e. The maximum Gasteiger partial charge on any atom is 0.311 e. The molecule has 108 valence electrons. The molecular formula is C17H15FO3. The quantitative estimate of drug-likeness (QED) is 0.824. The van der Waals surface area contributed by atoms with E-state index in [1.165, 1.54) is 18.2 Å². The van der Waals surface area contributed by atoms with Crippen molar-refractivity contribution in [1.29, 1.82) is 0 Å². The van der Waals surface area contributed by atoms with Gasteiger partial charge in [-0.15, -0.1) is 0 Å². The number of ketones is 1. The molecule has 0 saturated carbocycles.